The molecule has 0 aliphatic rings. The van der Waals surface area contributed by atoms with Crippen molar-refractivity contribution < 1.29 is 18.6 Å². The number of hydrogen-bond donors (Lipinski definition) is 0. The Hall–Kier alpha value is -3.22. The molecular weight excluding hydrogens is 561 g/mol. The molecule has 0 aromatic heterocycles. The van der Waals surface area contributed by atoms with Gasteiger partial charge < -0.3 is 18.6 Å². The lowest BCUT2D eigenvalue weighted by Gasteiger charge is -2.41. The molecule has 0 bridgehead atoms. The Labute approximate surface area is 266 Å². The van der Waals surface area contributed by atoms with E-state index in [9.17, 15) is 0 Å². The molecule has 0 spiro atoms. The van der Waals surface area contributed by atoms with Gasteiger partial charge in [-0.05, 0) is 71.8 Å². The van der Waals surface area contributed by atoms with Gasteiger partial charge in [0.05, 0.1) is 26.4 Å². The Morgan fingerprint density at radius 1 is 0.659 bits per heavy atom. The average Bonchev–Trinajstić information content (AvgIpc) is 3.04. The van der Waals surface area contributed by atoms with E-state index in [0.29, 0.717) is 19.8 Å². The maximum absolute atomic E-state index is 7.45. The summed E-state index contributed by atoms with van der Waals surface area (Å²) in [6.07, 6.45) is 2.67. The van der Waals surface area contributed by atoms with Crippen LogP contribution in [-0.4, -0.2) is 34.7 Å². The Kier molecular flexibility index (Phi) is 12.0. The molecule has 0 aliphatic heterocycles. The fourth-order valence-corrected chi connectivity index (χ4v) is 6.19. The van der Waals surface area contributed by atoms with Gasteiger partial charge in [0.2, 0.25) is 0 Å². The van der Waals surface area contributed by atoms with Crippen LogP contribution in [0, 0.1) is 0 Å². The summed E-state index contributed by atoms with van der Waals surface area (Å²) < 4.78 is 25.6. The SMILES string of the molecule is COc1ccc(COCCCCC(CO[Si](C)(C)C(C)(C)C)OC(c2ccccc2)(c2ccccc2)c2ccccc2)cc1. The van der Waals surface area contributed by atoms with Crippen molar-refractivity contribution >= 4 is 8.32 Å². The molecule has 4 aromatic carbocycles. The zero-order valence-electron chi connectivity index (χ0n) is 27.4. The van der Waals surface area contributed by atoms with Gasteiger partial charge >= 0.3 is 0 Å². The van der Waals surface area contributed by atoms with Gasteiger partial charge in [-0.3, -0.25) is 0 Å². The van der Waals surface area contributed by atoms with Crippen LogP contribution >= 0.6 is 0 Å². The van der Waals surface area contributed by atoms with E-state index in [-0.39, 0.29) is 11.1 Å². The number of unbranched alkanes of at least 4 members (excludes halogenated alkanes) is 1. The summed E-state index contributed by atoms with van der Waals surface area (Å²) in [6.45, 7) is 13.3. The van der Waals surface area contributed by atoms with E-state index in [2.05, 4.69) is 137 Å². The predicted octanol–water partition coefficient (Wildman–Crippen LogP) is 9.78. The number of ether oxygens (including phenoxy) is 3. The zero-order chi connectivity index (χ0) is 31.5. The van der Waals surface area contributed by atoms with Crippen LogP contribution in [-0.2, 0) is 26.1 Å². The average molecular weight is 611 g/mol. The fraction of sp³-hybridized carbons (Fsp3) is 0.385. The molecule has 0 fully saturated rings. The van der Waals surface area contributed by atoms with E-state index in [1.165, 1.54) is 0 Å². The molecule has 0 heterocycles. The zero-order valence-corrected chi connectivity index (χ0v) is 28.4. The van der Waals surface area contributed by atoms with Crippen LogP contribution in [0.25, 0.3) is 0 Å². The Bertz CT molecular complexity index is 1270. The maximum atomic E-state index is 7.45. The van der Waals surface area contributed by atoms with Crippen LogP contribution in [0.4, 0.5) is 0 Å². The minimum atomic E-state index is -2.00. The molecular formula is C39H50O4Si. The summed E-state index contributed by atoms with van der Waals surface area (Å²) in [7, 11) is -0.315. The summed E-state index contributed by atoms with van der Waals surface area (Å²) in [5.41, 5.74) is 3.69. The van der Waals surface area contributed by atoms with Crippen molar-refractivity contribution in [2.75, 3.05) is 20.3 Å². The van der Waals surface area contributed by atoms with Crippen molar-refractivity contribution in [3.8, 4) is 5.75 Å². The second kappa shape index (κ2) is 15.7. The Morgan fingerprint density at radius 3 is 1.61 bits per heavy atom. The minimum Gasteiger partial charge on any atom is -0.497 e. The predicted molar refractivity (Wildman–Crippen MR) is 184 cm³/mol. The molecule has 4 rings (SSSR count). The molecule has 0 amide bonds. The highest BCUT2D eigenvalue weighted by atomic mass is 28.4. The van der Waals surface area contributed by atoms with Crippen molar-refractivity contribution in [1.82, 2.24) is 0 Å². The first-order chi connectivity index (χ1) is 21.2. The van der Waals surface area contributed by atoms with Gasteiger partial charge in [0.1, 0.15) is 11.4 Å². The molecule has 4 aromatic rings. The molecule has 0 saturated heterocycles. The molecule has 0 aliphatic carbocycles. The molecule has 0 radical (unpaired) electrons. The fourth-order valence-electron chi connectivity index (χ4n) is 5.15. The highest BCUT2D eigenvalue weighted by molar-refractivity contribution is 6.74. The highest BCUT2D eigenvalue weighted by Gasteiger charge is 2.42. The largest absolute Gasteiger partial charge is 0.497 e. The van der Waals surface area contributed by atoms with E-state index in [1.807, 2.05) is 12.1 Å². The maximum Gasteiger partial charge on any atom is 0.192 e. The first-order valence-corrected chi connectivity index (χ1v) is 18.8. The number of hydrogen-bond acceptors (Lipinski definition) is 4. The van der Waals surface area contributed by atoms with E-state index in [0.717, 1.165) is 47.3 Å². The van der Waals surface area contributed by atoms with Crippen LogP contribution in [0.15, 0.2) is 115 Å². The second-order valence-corrected chi connectivity index (χ2v) is 17.8. The van der Waals surface area contributed by atoms with Crippen molar-refractivity contribution in [1.29, 1.82) is 0 Å². The smallest absolute Gasteiger partial charge is 0.192 e. The molecule has 1 atom stereocenters. The monoisotopic (exact) mass is 610 g/mol. The van der Waals surface area contributed by atoms with E-state index < -0.39 is 13.9 Å². The van der Waals surface area contributed by atoms with Gasteiger partial charge in [0.15, 0.2) is 8.32 Å². The van der Waals surface area contributed by atoms with Crippen molar-refractivity contribution in [2.24, 2.45) is 0 Å². The van der Waals surface area contributed by atoms with E-state index in [4.69, 9.17) is 18.6 Å². The Balaban J connectivity index is 1.57. The molecule has 44 heavy (non-hydrogen) atoms. The molecule has 5 heteroatoms. The summed E-state index contributed by atoms with van der Waals surface area (Å²) >= 11 is 0. The first kappa shape index (κ1) is 33.7. The quantitative estimate of drug-likeness (QED) is 0.0719. The summed E-state index contributed by atoms with van der Waals surface area (Å²) in [5.74, 6) is 0.859. The molecule has 0 saturated carbocycles. The van der Waals surface area contributed by atoms with Crippen LogP contribution in [0.3, 0.4) is 0 Å². The minimum absolute atomic E-state index is 0.113. The van der Waals surface area contributed by atoms with Gasteiger partial charge in [-0.15, -0.1) is 0 Å². The lowest BCUT2D eigenvalue weighted by molar-refractivity contribution is -0.0717. The first-order valence-electron chi connectivity index (χ1n) is 15.8. The van der Waals surface area contributed by atoms with Gasteiger partial charge in [-0.25, -0.2) is 0 Å². The van der Waals surface area contributed by atoms with E-state index >= 15 is 0 Å². The molecule has 1 unspecified atom stereocenters. The topological polar surface area (TPSA) is 36.9 Å². The Morgan fingerprint density at radius 2 is 1.16 bits per heavy atom. The lowest BCUT2D eigenvalue weighted by atomic mass is 9.80. The lowest BCUT2D eigenvalue weighted by Crippen LogP contribution is -2.45. The normalized spacial score (nSPS) is 13.0. The van der Waals surface area contributed by atoms with Crippen LogP contribution in [0.2, 0.25) is 18.1 Å². The van der Waals surface area contributed by atoms with Gasteiger partial charge in [0.25, 0.3) is 0 Å². The second-order valence-electron chi connectivity index (χ2n) is 13.0. The van der Waals surface area contributed by atoms with Crippen molar-refractivity contribution in [3.05, 3.63) is 138 Å². The van der Waals surface area contributed by atoms with Gasteiger partial charge in [-0.2, -0.15) is 0 Å². The number of rotatable bonds is 16. The van der Waals surface area contributed by atoms with Crippen LogP contribution in [0.5, 0.6) is 5.75 Å². The molecule has 0 N–H and O–H groups in total. The van der Waals surface area contributed by atoms with Crippen molar-refractivity contribution in [2.45, 2.75) is 76.5 Å². The molecule has 4 nitrogen and oxygen atoms in total. The van der Waals surface area contributed by atoms with Crippen LogP contribution in [0.1, 0.15) is 62.3 Å². The van der Waals surface area contributed by atoms with Crippen molar-refractivity contribution in [3.63, 3.8) is 0 Å². The summed E-state index contributed by atoms with van der Waals surface area (Å²) in [5, 5.41) is 0.113. The standard InChI is InChI=1S/C39H50O4Si/c1-38(2,3)44(5,6)42-31-37(24-16-17-29-41-30-32-25-27-36(40-4)28-26-32)43-39(33-18-10-7-11-19-33,34-20-12-8-13-21-34)35-22-14-9-15-23-35/h7-15,18-23,25-28,37H,16-17,24,29-31H2,1-6H3. The van der Waals surface area contributed by atoms with Crippen LogP contribution < -0.4 is 4.74 Å². The summed E-state index contributed by atoms with van der Waals surface area (Å²) in [6, 6.07) is 39.9. The van der Waals surface area contributed by atoms with Gasteiger partial charge in [-0.1, -0.05) is 124 Å². The third-order valence-corrected chi connectivity index (χ3v) is 13.3. The summed E-state index contributed by atoms with van der Waals surface area (Å²) in [4.78, 5) is 0. The third-order valence-electron chi connectivity index (χ3n) is 8.81. The number of methoxy groups -OCH3 is 1. The van der Waals surface area contributed by atoms with Gasteiger partial charge in [0, 0.05) is 6.61 Å². The third kappa shape index (κ3) is 8.70. The highest BCUT2D eigenvalue weighted by Crippen LogP contribution is 2.43. The van der Waals surface area contributed by atoms with E-state index in [1.54, 1.807) is 7.11 Å². The molecule has 234 valence electrons. The number of benzene rings is 4.